The summed E-state index contributed by atoms with van der Waals surface area (Å²) in [4.78, 5) is 24.9. The molecule has 4 aliphatic carbocycles. The number of hydrogen-bond acceptors (Lipinski definition) is 4. The van der Waals surface area contributed by atoms with Gasteiger partial charge in [0.15, 0.2) is 11.4 Å². The number of esters is 1. The highest BCUT2D eigenvalue weighted by atomic mass is 16.6. The Balaban J connectivity index is 1.67. The van der Waals surface area contributed by atoms with Crippen molar-refractivity contribution in [2.24, 2.45) is 28.6 Å². The largest absolute Gasteiger partial charge is 0.464 e. The van der Waals surface area contributed by atoms with Crippen LogP contribution in [0, 0.1) is 28.6 Å². The average Bonchev–Trinajstić information content (AvgIpc) is 2.96. The molecule has 3 saturated carbocycles. The second kappa shape index (κ2) is 6.43. The van der Waals surface area contributed by atoms with Crippen molar-refractivity contribution < 1.29 is 19.1 Å². The van der Waals surface area contributed by atoms with E-state index in [4.69, 9.17) is 9.47 Å². The number of ether oxygens (including phenoxy) is 2. The van der Waals surface area contributed by atoms with E-state index in [0.29, 0.717) is 36.6 Å². The van der Waals surface area contributed by atoms with Gasteiger partial charge in [0.25, 0.3) is 0 Å². The lowest BCUT2D eigenvalue weighted by Crippen LogP contribution is -2.58. The number of rotatable bonds is 3. The van der Waals surface area contributed by atoms with E-state index in [2.05, 4.69) is 13.8 Å². The molecule has 4 aliphatic rings. The summed E-state index contributed by atoms with van der Waals surface area (Å²) in [5.41, 5.74) is 0.612. The van der Waals surface area contributed by atoms with E-state index in [-0.39, 0.29) is 16.8 Å². The molecule has 0 radical (unpaired) electrons. The van der Waals surface area contributed by atoms with Crippen LogP contribution in [0.3, 0.4) is 0 Å². The molecule has 4 rings (SSSR count). The first-order valence-corrected chi connectivity index (χ1v) is 10.8. The second-order valence-electron chi connectivity index (χ2n) is 9.72. The first-order chi connectivity index (χ1) is 12.8. The van der Waals surface area contributed by atoms with Crippen molar-refractivity contribution >= 4 is 11.8 Å². The van der Waals surface area contributed by atoms with Gasteiger partial charge in [0, 0.05) is 18.9 Å². The fourth-order valence-electron chi connectivity index (χ4n) is 7.56. The Bertz CT molecular complexity index is 682. The zero-order valence-electron chi connectivity index (χ0n) is 17.3. The number of carbonyl (C=O) groups excluding carboxylic acids is 2. The highest BCUT2D eigenvalue weighted by molar-refractivity contribution is 5.91. The number of carbonyl (C=O) groups is 2. The highest BCUT2D eigenvalue weighted by Crippen LogP contribution is 2.68. The van der Waals surface area contributed by atoms with Crippen LogP contribution in [-0.4, -0.2) is 31.1 Å². The van der Waals surface area contributed by atoms with Crippen LogP contribution in [0.1, 0.15) is 72.1 Å². The van der Waals surface area contributed by atoms with Crippen molar-refractivity contribution in [3.05, 3.63) is 11.6 Å². The standard InChI is InChI=1S/C23H34O4/c1-5-27-20(25)23(26-4)13-10-19-17-7-6-15-14-16(24)8-11-21(15,2)18(17)9-12-22(19,23)3/h14,17-19H,5-13H2,1-4H3. The van der Waals surface area contributed by atoms with E-state index in [1.807, 2.05) is 13.0 Å². The number of hydrogen-bond donors (Lipinski definition) is 0. The maximum Gasteiger partial charge on any atom is 0.338 e. The van der Waals surface area contributed by atoms with Gasteiger partial charge in [-0.1, -0.05) is 19.4 Å². The third-order valence-corrected chi connectivity index (χ3v) is 9.04. The smallest absolute Gasteiger partial charge is 0.338 e. The summed E-state index contributed by atoms with van der Waals surface area (Å²) in [6.07, 6.45) is 9.75. The molecule has 6 atom stereocenters. The molecule has 6 unspecified atom stereocenters. The molecule has 0 bridgehead atoms. The van der Waals surface area contributed by atoms with E-state index in [1.165, 1.54) is 5.57 Å². The molecule has 3 fully saturated rings. The van der Waals surface area contributed by atoms with E-state index < -0.39 is 5.60 Å². The predicted octanol–water partition coefficient (Wildman–Crippen LogP) is 4.47. The first-order valence-electron chi connectivity index (χ1n) is 10.8. The van der Waals surface area contributed by atoms with Gasteiger partial charge in [0.05, 0.1) is 6.61 Å². The van der Waals surface area contributed by atoms with Gasteiger partial charge in [-0.2, -0.15) is 0 Å². The van der Waals surface area contributed by atoms with Crippen molar-refractivity contribution in [3.8, 4) is 0 Å². The minimum Gasteiger partial charge on any atom is -0.464 e. The number of methoxy groups -OCH3 is 1. The molecule has 0 N–H and O–H groups in total. The molecule has 0 aliphatic heterocycles. The Morgan fingerprint density at radius 1 is 1.11 bits per heavy atom. The van der Waals surface area contributed by atoms with Gasteiger partial charge in [-0.3, -0.25) is 4.79 Å². The molecule has 0 aromatic heterocycles. The van der Waals surface area contributed by atoms with Gasteiger partial charge in [-0.15, -0.1) is 0 Å². The van der Waals surface area contributed by atoms with E-state index >= 15 is 0 Å². The average molecular weight is 375 g/mol. The number of ketones is 1. The quantitative estimate of drug-likeness (QED) is 0.684. The molecule has 0 spiro atoms. The molecule has 4 nitrogen and oxygen atoms in total. The van der Waals surface area contributed by atoms with Crippen molar-refractivity contribution in [1.82, 2.24) is 0 Å². The maximum absolute atomic E-state index is 13.0. The van der Waals surface area contributed by atoms with Crippen LogP contribution in [0.4, 0.5) is 0 Å². The Labute approximate surface area is 163 Å². The van der Waals surface area contributed by atoms with Gasteiger partial charge >= 0.3 is 5.97 Å². The van der Waals surface area contributed by atoms with Crippen LogP contribution in [0.25, 0.3) is 0 Å². The Kier molecular flexibility index (Phi) is 4.57. The number of allylic oxidation sites excluding steroid dienone is 1. The van der Waals surface area contributed by atoms with Gasteiger partial charge < -0.3 is 9.47 Å². The fraction of sp³-hybridized carbons (Fsp3) is 0.826. The van der Waals surface area contributed by atoms with Gasteiger partial charge in [0.1, 0.15) is 0 Å². The van der Waals surface area contributed by atoms with Crippen LogP contribution in [0.5, 0.6) is 0 Å². The van der Waals surface area contributed by atoms with Gasteiger partial charge in [-0.25, -0.2) is 4.79 Å². The summed E-state index contributed by atoms with van der Waals surface area (Å²) in [7, 11) is 1.69. The van der Waals surface area contributed by atoms with Gasteiger partial charge in [0.2, 0.25) is 0 Å². The minimum atomic E-state index is -0.793. The molecule has 0 aromatic rings. The molecular weight excluding hydrogens is 340 g/mol. The summed E-state index contributed by atoms with van der Waals surface area (Å²) in [5.74, 6) is 1.88. The zero-order valence-corrected chi connectivity index (χ0v) is 17.3. The predicted molar refractivity (Wildman–Crippen MR) is 103 cm³/mol. The molecule has 4 heteroatoms. The van der Waals surface area contributed by atoms with Crippen molar-refractivity contribution in [1.29, 1.82) is 0 Å². The fourth-order valence-corrected chi connectivity index (χ4v) is 7.56. The van der Waals surface area contributed by atoms with Crippen molar-refractivity contribution in [2.45, 2.75) is 77.7 Å². The SMILES string of the molecule is CCOC(=O)C1(OC)CCC2C3CCC4=CC(=O)CCC4(C)C3CCC21C. The molecule has 0 amide bonds. The van der Waals surface area contributed by atoms with Crippen LogP contribution in [0.15, 0.2) is 11.6 Å². The lowest BCUT2D eigenvalue weighted by molar-refractivity contribution is -0.194. The normalized spacial score (nSPS) is 46.1. The Morgan fingerprint density at radius 3 is 2.56 bits per heavy atom. The highest BCUT2D eigenvalue weighted by Gasteiger charge is 2.68. The summed E-state index contributed by atoms with van der Waals surface area (Å²) in [5, 5.41) is 0. The molecule has 0 heterocycles. The minimum absolute atomic E-state index is 0.156. The lowest BCUT2D eigenvalue weighted by atomic mass is 9.46. The van der Waals surface area contributed by atoms with Crippen molar-refractivity contribution in [3.63, 3.8) is 0 Å². The van der Waals surface area contributed by atoms with Gasteiger partial charge in [-0.05, 0) is 81.1 Å². The molecular formula is C23H34O4. The zero-order chi connectivity index (χ0) is 19.4. The second-order valence-corrected chi connectivity index (χ2v) is 9.72. The van der Waals surface area contributed by atoms with Crippen LogP contribution >= 0.6 is 0 Å². The topological polar surface area (TPSA) is 52.6 Å². The first kappa shape index (κ1) is 19.2. The Morgan fingerprint density at radius 2 is 1.85 bits per heavy atom. The molecule has 150 valence electrons. The third kappa shape index (κ3) is 2.44. The molecule has 27 heavy (non-hydrogen) atoms. The van der Waals surface area contributed by atoms with Crippen LogP contribution in [0.2, 0.25) is 0 Å². The van der Waals surface area contributed by atoms with Crippen molar-refractivity contribution in [2.75, 3.05) is 13.7 Å². The van der Waals surface area contributed by atoms with Crippen LogP contribution in [-0.2, 0) is 19.1 Å². The third-order valence-electron chi connectivity index (χ3n) is 9.04. The Hall–Kier alpha value is -1.16. The van der Waals surface area contributed by atoms with E-state index in [1.54, 1.807) is 7.11 Å². The van der Waals surface area contributed by atoms with E-state index in [9.17, 15) is 9.59 Å². The summed E-state index contributed by atoms with van der Waals surface area (Å²) >= 11 is 0. The molecule has 0 saturated heterocycles. The monoisotopic (exact) mass is 374 g/mol. The van der Waals surface area contributed by atoms with E-state index in [0.717, 1.165) is 44.9 Å². The maximum atomic E-state index is 13.0. The number of fused-ring (bicyclic) bond motifs is 5. The lowest BCUT2D eigenvalue weighted by Gasteiger charge is -2.59. The summed E-state index contributed by atoms with van der Waals surface area (Å²) < 4.78 is 11.5. The molecule has 0 aromatic carbocycles. The summed E-state index contributed by atoms with van der Waals surface area (Å²) in [6, 6.07) is 0. The summed E-state index contributed by atoms with van der Waals surface area (Å²) in [6.45, 7) is 6.94. The van der Waals surface area contributed by atoms with Crippen LogP contribution < -0.4 is 0 Å².